The zero-order valence-electron chi connectivity index (χ0n) is 16.1. The average Bonchev–Trinajstić information content (AvgIpc) is 2.94. The number of carbonyl (C=O) groups excluding carboxylic acids is 1. The lowest BCUT2D eigenvalue weighted by Crippen LogP contribution is -2.36. The van der Waals surface area contributed by atoms with Gasteiger partial charge in [0.05, 0.1) is 4.91 Å². The standard InChI is InChI=1S/C19H20N4O4S2/c1-11-12(8-14-18(27)23(10-15(24)25)19(28)29-14)16(22-6-4-3-5-7-22)21(2)17(26)13(11)9-20/h8H,3-7,10H2,1-2H3,(H,24,25)/b14-8-. The lowest BCUT2D eigenvalue weighted by Gasteiger charge is -2.32. The molecule has 3 rings (SSSR count). The van der Waals surface area contributed by atoms with Gasteiger partial charge in [0.2, 0.25) is 0 Å². The molecule has 2 saturated heterocycles. The van der Waals surface area contributed by atoms with Gasteiger partial charge >= 0.3 is 5.97 Å². The Morgan fingerprint density at radius 2 is 1.97 bits per heavy atom. The van der Waals surface area contributed by atoms with Crippen molar-refractivity contribution in [2.24, 2.45) is 7.05 Å². The van der Waals surface area contributed by atoms with Crippen molar-refractivity contribution in [2.75, 3.05) is 24.5 Å². The highest BCUT2D eigenvalue weighted by molar-refractivity contribution is 8.26. The second-order valence-corrected chi connectivity index (χ2v) is 8.60. The van der Waals surface area contributed by atoms with E-state index < -0.39 is 18.4 Å². The van der Waals surface area contributed by atoms with Gasteiger partial charge in [-0.25, -0.2) is 0 Å². The first-order valence-electron chi connectivity index (χ1n) is 9.12. The van der Waals surface area contributed by atoms with E-state index in [-0.39, 0.29) is 20.3 Å². The molecule has 0 atom stereocenters. The van der Waals surface area contributed by atoms with Crippen molar-refractivity contribution in [2.45, 2.75) is 26.2 Å². The summed E-state index contributed by atoms with van der Waals surface area (Å²) in [7, 11) is 1.62. The molecule has 1 N–H and O–H groups in total. The van der Waals surface area contributed by atoms with Crippen molar-refractivity contribution in [1.29, 1.82) is 5.26 Å². The van der Waals surface area contributed by atoms with E-state index in [0.717, 1.165) is 49.0 Å². The van der Waals surface area contributed by atoms with Crippen LogP contribution >= 0.6 is 24.0 Å². The van der Waals surface area contributed by atoms with Crippen LogP contribution in [0, 0.1) is 18.3 Å². The zero-order valence-corrected chi connectivity index (χ0v) is 17.7. The van der Waals surface area contributed by atoms with Crippen LogP contribution in [-0.2, 0) is 16.6 Å². The fraction of sp³-hybridized carbons (Fsp3) is 0.421. The van der Waals surface area contributed by atoms with Crippen molar-refractivity contribution in [3.05, 3.63) is 31.9 Å². The number of aliphatic carboxylic acids is 1. The predicted molar refractivity (Wildman–Crippen MR) is 115 cm³/mol. The normalized spacial score (nSPS) is 18.4. The summed E-state index contributed by atoms with van der Waals surface area (Å²) < 4.78 is 1.63. The molecule has 0 aromatic carbocycles. The van der Waals surface area contributed by atoms with Gasteiger partial charge in [-0.15, -0.1) is 0 Å². The maximum Gasteiger partial charge on any atom is 0.323 e. The molecule has 0 saturated carbocycles. The van der Waals surface area contributed by atoms with Gasteiger partial charge in [0.25, 0.3) is 11.5 Å². The van der Waals surface area contributed by atoms with Crippen LogP contribution in [0.3, 0.4) is 0 Å². The number of amides is 1. The van der Waals surface area contributed by atoms with Gasteiger partial charge in [0, 0.05) is 25.7 Å². The lowest BCUT2D eigenvalue weighted by atomic mass is 10.0. The highest BCUT2D eigenvalue weighted by Crippen LogP contribution is 2.36. The molecule has 10 heteroatoms. The number of hydrogen-bond acceptors (Lipinski definition) is 7. The second kappa shape index (κ2) is 8.39. The van der Waals surface area contributed by atoms with Crippen LogP contribution in [0.4, 0.5) is 5.82 Å². The number of thioether (sulfide) groups is 1. The molecule has 8 nitrogen and oxygen atoms in total. The highest BCUT2D eigenvalue weighted by atomic mass is 32.2. The third-order valence-corrected chi connectivity index (χ3v) is 6.44. The summed E-state index contributed by atoms with van der Waals surface area (Å²) in [5.41, 5.74) is 0.766. The molecule has 1 amide bonds. The quantitative estimate of drug-likeness (QED) is 0.567. The number of piperidine rings is 1. The molecule has 1 aromatic rings. The van der Waals surface area contributed by atoms with Gasteiger partial charge in [-0.1, -0.05) is 24.0 Å². The number of carbonyl (C=O) groups is 2. The van der Waals surface area contributed by atoms with Crippen LogP contribution in [0.25, 0.3) is 6.08 Å². The molecular formula is C19H20N4O4S2. The van der Waals surface area contributed by atoms with E-state index in [9.17, 15) is 19.6 Å². The van der Waals surface area contributed by atoms with Crippen molar-refractivity contribution in [3.63, 3.8) is 0 Å². The fourth-order valence-corrected chi connectivity index (χ4v) is 4.84. The van der Waals surface area contributed by atoms with E-state index in [1.807, 2.05) is 6.07 Å². The molecule has 29 heavy (non-hydrogen) atoms. The van der Waals surface area contributed by atoms with Crippen LogP contribution in [0.2, 0.25) is 0 Å². The number of nitriles is 1. The van der Waals surface area contributed by atoms with Gasteiger partial charge in [0.15, 0.2) is 0 Å². The Labute approximate surface area is 177 Å². The van der Waals surface area contributed by atoms with Gasteiger partial charge in [-0.2, -0.15) is 5.26 Å². The molecule has 0 spiro atoms. The Hall–Kier alpha value is -2.64. The van der Waals surface area contributed by atoms with Crippen molar-refractivity contribution < 1.29 is 14.7 Å². The number of nitrogens with zero attached hydrogens (tertiary/aromatic N) is 4. The van der Waals surface area contributed by atoms with Crippen molar-refractivity contribution >= 4 is 52.1 Å². The second-order valence-electron chi connectivity index (χ2n) is 6.92. The summed E-state index contributed by atoms with van der Waals surface area (Å²) in [6, 6.07) is 1.97. The van der Waals surface area contributed by atoms with Gasteiger partial charge in [0.1, 0.15) is 28.3 Å². The third kappa shape index (κ3) is 3.93. The Balaban J connectivity index is 2.17. The lowest BCUT2D eigenvalue weighted by molar-refractivity contribution is -0.140. The molecule has 1 aromatic heterocycles. The maximum absolute atomic E-state index is 12.7. The Morgan fingerprint density at radius 1 is 1.31 bits per heavy atom. The topological polar surface area (TPSA) is 107 Å². The van der Waals surface area contributed by atoms with Gasteiger partial charge in [-0.05, 0) is 37.8 Å². The molecule has 0 aliphatic carbocycles. The summed E-state index contributed by atoms with van der Waals surface area (Å²) >= 11 is 6.18. The minimum absolute atomic E-state index is 0.0283. The SMILES string of the molecule is Cc1c(/C=C2\SC(=S)N(CC(=O)O)C2=O)c(N2CCCCC2)n(C)c(=O)c1C#N. The Morgan fingerprint density at radius 3 is 2.55 bits per heavy atom. The molecule has 3 heterocycles. The van der Waals surface area contributed by atoms with E-state index in [4.69, 9.17) is 17.3 Å². The number of anilines is 1. The minimum atomic E-state index is -1.15. The van der Waals surface area contributed by atoms with Crippen LogP contribution in [0.5, 0.6) is 0 Å². The Kier molecular flexibility index (Phi) is 6.10. The number of pyridine rings is 1. The highest BCUT2D eigenvalue weighted by Gasteiger charge is 2.34. The number of hydrogen-bond donors (Lipinski definition) is 1. The van der Waals surface area contributed by atoms with Crippen LogP contribution in [0.15, 0.2) is 9.70 Å². The summed E-state index contributed by atoms with van der Waals surface area (Å²) in [5, 5.41) is 18.5. The monoisotopic (exact) mass is 432 g/mol. The van der Waals surface area contributed by atoms with Crippen molar-refractivity contribution in [3.8, 4) is 6.07 Å². The molecule has 2 aliphatic rings. The molecule has 2 fully saturated rings. The molecule has 0 unspecified atom stereocenters. The fourth-order valence-electron chi connectivity index (χ4n) is 3.60. The summed E-state index contributed by atoms with van der Waals surface area (Å²) in [5.74, 6) is -0.977. The van der Waals surface area contributed by atoms with Gasteiger partial charge in [-0.3, -0.25) is 23.9 Å². The first-order chi connectivity index (χ1) is 13.8. The maximum atomic E-state index is 12.7. The largest absolute Gasteiger partial charge is 0.480 e. The molecule has 0 radical (unpaired) electrons. The summed E-state index contributed by atoms with van der Waals surface area (Å²) in [6.07, 6.45) is 4.73. The molecule has 0 bridgehead atoms. The average molecular weight is 433 g/mol. The predicted octanol–water partition coefficient (Wildman–Crippen LogP) is 1.84. The minimum Gasteiger partial charge on any atom is -0.480 e. The van der Waals surface area contributed by atoms with E-state index in [0.29, 0.717) is 16.9 Å². The zero-order chi connectivity index (χ0) is 21.3. The third-order valence-electron chi connectivity index (χ3n) is 5.07. The first-order valence-corrected chi connectivity index (χ1v) is 10.3. The number of carboxylic acid groups (broad SMARTS) is 1. The molecule has 152 valence electrons. The number of thiocarbonyl (C=S) groups is 1. The van der Waals surface area contributed by atoms with E-state index >= 15 is 0 Å². The number of aromatic nitrogens is 1. The van der Waals surface area contributed by atoms with Crippen LogP contribution in [0.1, 0.15) is 36.0 Å². The van der Waals surface area contributed by atoms with E-state index in [1.54, 1.807) is 20.0 Å². The summed E-state index contributed by atoms with van der Waals surface area (Å²) in [6.45, 7) is 2.74. The Bertz CT molecular complexity index is 1030. The molecule has 2 aliphatic heterocycles. The summed E-state index contributed by atoms with van der Waals surface area (Å²) in [4.78, 5) is 39.8. The number of carboxylic acids is 1. The molecular weight excluding hydrogens is 412 g/mol. The smallest absolute Gasteiger partial charge is 0.323 e. The van der Waals surface area contributed by atoms with E-state index in [1.165, 1.54) is 4.57 Å². The van der Waals surface area contributed by atoms with E-state index in [2.05, 4.69) is 4.90 Å². The first kappa shape index (κ1) is 21.1. The number of rotatable bonds is 4. The van der Waals surface area contributed by atoms with Crippen LogP contribution in [-0.4, -0.2) is 50.4 Å². The van der Waals surface area contributed by atoms with Gasteiger partial charge < -0.3 is 10.0 Å². The van der Waals surface area contributed by atoms with Crippen molar-refractivity contribution in [1.82, 2.24) is 9.47 Å². The van der Waals surface area contributed by atoms with Crippen LogP contribution < -0.4 is 10.5 Å².